The minimum absolute atomic E-state index is 0.282. The van der Waals surface area contributed by atoms with Gasteiger partial charge in [0.15, 0.2) is 0 Å². The average molecular weight is 265 g/mol. The van der Waals surface area contributed by atoms with Crippen LogP contribution in [0.15, 0.2) is 30.3 Å². The van der Waals surface area contributed by atoms with Gasteiger partial charge < -0.3 is 5.11 Å². The molecule has 1 aliphatic heterocycles. The Morgan fingerprint density at radius 1 is 1.44 bits per heavy atom. The molecule has 2 N–H and O–H groups in total. The number of benzene rings is 1. The van der Waals surface area contributed by atoms with Gasteiger partial charge in [-0.1, -0.05) is 37.3 Å². The molecule has 1 saturated heterocycles. The number of carboxylic acid groups (broad SMARTS) is 1. The predicted octanol–water partition coefficient (Wildman–Crippen LogP) is 2.69. The summed E-state index contributed by atoms with van der Waals surface area (Å²) in [6.07, 6.45) is 2.22. The van der Waals surface area contributed by atoms with Crippen molar-refractivity contribution in [2.45, 2.75) is 37.1 Å². The lowest BCUT2D eigenvalue weighted by molar-refractivity contribution is -0.139. The second kappa shape index (κ2) is 6.25. The summed E-state index contributed by atoms with van der Waals surface area (Å²) in [6, 6.07) is 9.08. The minimum Gasteiger partial charge on any atom is -0.480 e. The molecule has 1 aromatic rings. The zero-order valence-corrected chi connectivity index (χ0v) is 11.3. The molecule has 0 saturated carbocycles. The molecular formula is C14H19NO2S. The standard InChI is InChI=1S/C14H19NO2S/c1-10-12(8-5-9-18-10)15-13(14(16)17)11-6-3-2-4-7-11/h2-4,6-7,10,12-13,15H,5,8-9H2,1H3,(H,16,17). The van der Waals surface area contributed by atoms with Gasteiger partial charge in [0.05, 0.1) is 0 Å². The van der Waals surface area contributed by atoms with Crippen molar-refractivity contribution in [1.29, 1.82) is 0 Å². The van der Waals surface area contributed by atoms with Crippen LogP contribution in [-0.2, 0) is 4.79 Å². The zero-order valence-electron chi connectivity index (χ0n) is 10.5. The van der Waals surface area contributed by atoms with Gasteiger partial charge in [0, 0.05) is 11.3 Å². The number of nitrogens with one attached hydrogen (secondary N) is 1. The van der Waals surface area contributed by atoms with E-state index in [9.17, 15) is 9.90 Å². The normalized spacial score (nSPS) is 25.6. The van der Waals surface area contributed by atoms with E-state index in [0.717, 1.165) is 18.4 Å². The van der Waals surface area contributed by atoms with Crippen LogP contribution >= 0.6 is 11.8 Å². The van der Waals surface area contributed by atoms with Crippen LogP contribution in [-0.4, -0.2) is 28.1 Å². The maximum Gasteiger partial charge on any atom is 0.325 e. The fourth-order valence-corrected chi connectivity index (χ4v) is 3.46. The highest BCUT2D eigenvalue weighted by Crippen LogP contribution is 2.27. The first-order valence-corrected chi connectivity index (χ1v) is 7.39. The monoisotopic (exact) mass is 265 g/mol. The third-order valence-electron chi connectivity index (χ3n) is 3.37. The van der Waals surface area contributed by atoms with Crippen molar-refractivity contribution >= 4 is 17.7 Å². The molecule has 3 unspecified atom stereocenters. The van der Waals surface area contributed by atoms with Crippen LogP contribution in [0.3, 0.4) is 0 Å². The second-order valence-electron chi connectivity index (χ2n) is 4.67. The maximum absolute atomic E-state index is 11.4. The van der Waals surface area contributed by atoms with E-state index in [-0.39, 0.29) is 6.04 Å². The third-order valence-corrected chi connectivity index (χ3v) is 4.75. The van der Waals surface area contributed by atoms with E-state index in [1.165, 1.54) is 5.75 Å². The van der Waals surface area contributed by atoms with Crippen molar-refractivity contribution in [2.24, 2.45) is 0 Å². The molecule has 0 radical (unpaired) electrons. The summed E-state index contributed by atoms with van der Waals surface area (Å²) >= 11 is 1.92. The van der Waals surface area contributed by atoms with Gasteiger partial charge in [-0.3, -0.25) is 10.1 Å². The highest BCUT2D eigenvalue weighted by atomic mass is 32.2. The summed E-state index contributed by atoms with van der Waals surface area (Å²) < 4.78 is 0. The van der Waals surface area contributed by atoms with Crippen molar-refractivity contribution in [1.82, 2.24) is 5.32 Å². The first-order valence-electron chi connectivity index (χ1n) is 6.34. The number of carbonyl (C=O) groups is 1. The summed E-state index contributed by atoms with van der Waals surface area (Å²) in [4.78, 5) is 11.4. The molecule has 0 aromatic heterocycles. The lowest BCUT2D eigenvalue weighted by Crippen LogP contribution is -2.43. The Balaban J connectivity index is 2.09. The largest absolute Gasteiger partial charge is 0.480 e. The summed E-state index contributed by atoms with van der Waals surface area (Å²) in [5.74, 6) is 0.381. The minimum atomic E-state index is -0.802. The SMILES string of the molecule is CC1SCCCC1NC(C(=O)O)c1ccccc1. The molecule has 98 valence electrons. The lowest BCUT2D eigenvalue weighted by Gasteiger charge is -2.31. The van der Waals surface area contributed by atoms with Crippen molar-refractivity contribution in [3.05, 3.63) is 35.9 Å². The van der Waals surface area contributed by atoms with Crippen LogP contribution in [0, 0.1) is 0 Å². The van der Waals surface area contributed by atoms with Crippen molar-refractivity contribution < 1.29 is 9.90 Å². The zero-order chi connectivity index (χ0) is 13.0. The summed E-state index contributed by atoms with van der Waals surface area (Å²) in [5.41, 5.74) is 0.827. The van der Waals surface area contributed by atoms with Crippen LogP contribution in [0.5, 0.6) is 0 Å². The van der Waals surface area contributed by atoms with Crippen LogP contribution in [0.4, 0.5) is 0 Å². The van der Waals surface area contributed by atoms with Gasteiger partial charge in [0.1, 0.15) is 6.04 Å². The first-order chi connectivity index (χ1) is 8.68. The fourth-order valence-electron chi connectivity index (χ4n) is 2.31. The van der Waals surface area contributed by atoms with E-state index in [1.807, 2.05) is 42.1 Å². The number of hydrogen-bond donors (Lipinski definition) is 2. The van der Waals surface area contributed by atoms with E-state index in [4.69, 9.17) is 0 Å². The van der Waals surface area contributed by atoms with Gasteiger partial charge in [-0.15, -0.1) is 0 Å². The number of thioether (sulfide) groups is 1. The first kappa shape index (κ1) is 13.4. The Hall–Kier alpha value is -1.00. The van der Waals surface area contributed by atoms with Crippen LogP contribution < -0.4 is 5.32 Å². The predicted molar refractivity (Wildman–Crippen MR) is 74.9 cm³/mol. The number of carboxylic acids is 1. The third kappa shape index (κ3) is 3.27. The smallest absolute Gasteiger partial charge is 0.325 e. The Labute approximate surface area is 112 Å². The molecule has 1 aliphatic rings. The second-order valence-corrected chi connectivity index (χ2v) is 6.16. The molecule has 0 bridgehead atoms. The average Bonchev–Trinajstić information content (AvgIpc) is 2.38. The molecule has 2 rings (SSSR count). The number of aliphatic carboxylic acids is 1. The Bertz CT molecular complexity index is 396. The molecule has 1 aromatic carbocycles. The summed E-state index contributed by atoms with van der Waals surface area (Å²) in [7, 11) is 0. The van der Waals surface area contributed by atoms with Crippen molar-refractivity contribution in [3.63, 3.8) is 0 Å². The highest BCUT2D eigenvalue weighted by Gasteiger charge is 2.28. The molecule has 3 nitrogen and oxygen atoms in total. The van der Waals surface area contributed by atoms with Gasteiger partial charge in [-0.2, -0.15) is 11.8 Å². The van der Waals surface area contributed by atoms with Crippen LogP contribution in [0.1, 0.15) is 31.4 Å². The highest BCUT2D eigenvalue weighted by molar-refractivity contribution is 7.99. The molecule has 0 amide bonds. The maximum atomic E-state index is 11.4. The van der Waals surface area contributed by atoms with E-state index < -0.39 is 12.0 Å². The lowest BCUT2D eigenvalue weighted by atomic mass is 10.0. The molecule has 0 spiro atoms. The molecular weight excluding hydrogens is 246 g/mol. The van der Waals surface area contributed by atoms with Gasteiger partial charge >= 0.3 is 5.97 Å². The van der Waals surface area contributed by atoms with Gasteiger partial charge in [-0.05, 0) is 24.2 Å². The quantitative estimate of drug-likeness (QED) is 0.879. The van der Waals surface area contributed by atoms with E-state index in [0.29, 0.717) is 5.25 Å². The molecule has 3 atom stereocenters. The molecule has 4 heteroatoms. The Morgan fingerprint density at radius 3 is 2.78 bits per heavy atom. The summed E-state index contributed by atoms with van der Waals surface area (Å²) in [5, 5.41) is 13.2. The van der Waals surface area contributed by atoms with Crippen molar-refractivity contribution in [2.75, 3.05) is 5.75 Å². The van der Waals surface area contributed by atoms with Gasteiger partial charge in [0.2, 0.25) is 0 Å². The number of rotatable bonds is 4. The van der Waals surface area contributed by atoms with Crippen LogP contribution in [0.25, 0.3) is 0 Å². The van der Waals surface area contributed by atoms with E-state index in [1.54, 1.807) is 0 Å². The Kier molecular flexibility index (Phi) is 4.66. The van der Waals surface area contributed by atoms with E-state index >= 15 is 0 Å². The topological polar surface area (TPSA) is 49.3 Å². The van der Waals surface area contributed by atoms with Crippen molar-refractivity contribution in [3.8, 4) is 0 Å². The number of hydrogen-bond acceptors (Lipinski definition) is 3. The molecule has 1 fully saturated rings. The van der Waals surface area contributed by atoms with Gasteiger partial charge in [0.25, 0.3) is 0 Å². The molecule has 0 aliphatic carbocycles. The fraction of sp³-hybridized carbons (Fsp3) is 0.500. The molecule has 18 heavy (non-hydrogen) atoms. The summed E-state index contributed by atoms with van der Waals surface area (Å²) in [6.45, 7) is 2.17. The molecule has 1 heterocycles. The Morgan fingerprint density at radius 2 is 2.17 bits per heavy atom. The van der Waals surface area contributed by atoms with Gasteiger partial charge in [-0.25, -0.2) is 0 Å². The van der Waals surface area contributed by atoms with E-state index in [2.05, 4.69) is 12.2 Å². The van der Waals surface area contributed by atoms with Crippen LogP contribution in [0.2, 0.25) is 0 Å².